The van der Waals surface area contributed by atoms with Gasteiger partial charge in [0, 0.05) is 19.2 Å². The van der Waals surface area contributed by atoms with Gasteiger partial charge in [-0.05, 0) is 54.4 Å². The van der Waals surface area contributed by atoms with Crippen LogP contribution in [0.15, 0.2) is 22.8 Å². The molecule has 102 valence electrons. The average Bonchev–Trinajstić information content (AvgIpc) is 2.66. The molecule has 1 atom stereocenters. The fourth-order valence-electron chi connectivity index (χ4n) is 2.09. The standard InChI is InChI=1S/C14H18BrN3O/c1-4-18-12(14(15)10(3)17-18)8-13(19)11-7-9(2)5-6-16-11/h5-7,13,19H,4,8H2,1-3H3. The smallest absolute Gasteiger partial charge is 0.101 e. The highest BCUT2D eigenvalue weighted by atomic mass is 79.9. The molecule has 0 aromatic carbocycles. The van der Waals surface area contributed by atoms with E-state index >= 15 is 0 Å². The molecule has 2 aromatic rings. The Balaban J connectivity index is 2.26. The summed E-state index contributed by atoms with van der Waals surface area (Å²) in [6.45, 7) is 6.78. The lowest BCUT2D eigenvalue weighted by Crippen LogP contribution is -2.10. The Bertz CT molecular complexity index is 580. The van der Waals surface area contributed by atoms with E-state index in [9.17, 15) is 5.11 Å². The maximum atomic E-state index is 10.3. The Morgan fingerprint density at radius 3 is 2.79 bits per heavy atom. The number of nitrogens with zero attached hydrogens (tertiary/aromatic N) is 3. The zero-order valence-electron chi connectivity index (χ0n) is 11.4. The van der Waals surface area contributed by atoms with E-state index in [1.807, 2.05) is 37.6 Å². The molecule has 1 unspecified atom stereocenters. The molecule has 0 amide bonds. The summed E-state index contributed by atoms with van der Waals surface area (Å²) in [5.74, 6) is 0. The van der Waals surface area contributed by atoms with Gasteiger partial charge in [0.1, 0.15) is 6.10 Å². The van der Waals surface area contributed by atoms with Gasteiger partial charge >= 0.3 is 0 Å². The van der Waals surface area contributed by atoms with Gasteiger partial charge < -0.3 is 5.11 Å². The molecule has 1 N–H and O–H groups in total. The molecular weight excluding hydrogens is 306 g/mol. The Kier molecular flexibility index (Phi) is 4.37. The molecule has 0 aliphatic heterocycles. The van der Waals surface area contributed by atoms with Crippen molar-refractivity contribution >= 4 is 15.9 Å². The molecule has 0 bridgehead atoms. The summed E-state index contributed by atoms with van der Waals surface area (Å²) in [4.78, 5) is 4.23. The first-order valence-corrected chi connectivity index (χ1v) is 7.14. The summed E-state index contributed by atoms with van der Waals surface area (Å²) < 4.78 is 2.89. The van der Waals surface area contributed by atoms with Crippen molar-refractivity contribution in [2.75, 3.05) is 0 Å². The van der Waals surface area contributed by atoms with Crippen LogP contribution in [0, 0.1) is 13.8 Å². The van der Waals surface area contributed by atoms with E-state index in [2.05, 4.69) is 26.0 Å². The minimum atomic E-state index is -0.613. The highest BCUT2D eigenvalue weighted by molar-refractivity contribution is 9.10. The fraction of sp³-hybridized carbons (Fsp3) is 0.429. The van der Waals surface area contributed by atoms with Gasteiger partial charge in [-0.2, -0.15) is 5.10 Å². The lowest BCUT2D eigenvalue weighted by molar-refractivity contribution is 0.170. The minimum absolute atomic E-state index is 0.506. The first-order valence-electron chi connectivity index (χ1n) is 6.35. The highest BCUT2D eigenvalue weighted by Gasteiger charge is 2.18. The van der Waals surface area contributed by atoms with Crippen LogP contribution < -0.4 is 0 Å². The van der Waals surface area contributed by atoms with Crippen LogP contribution in [0.5, 0.6) is 0 Å². The number of pyridine rings is 1. The molecule has 0 saturated heterocycles. The normalized spacial score (nSPS) is 12.7. The van der Waals surface area contributed by atoms with Gasteiger partial charge in [-0.1, -0.05) is 0 Å². The predicted octanol–water partition coefficient (Wildman–Crippen LogP) is 2.95. The SMILES string of the molecule is CCn1nc(C)c(Br)c1CC(O)c1cc(C)ccn1. The van der Waals surface area contributed by atoms with Gasteiger partial charge in [-0.3, -0.25) is 9.67 Å². The van der Waals surface area contributed by atoms with Crippen LogP contribution in [0.1, 0.15) is 35.7 Å². The molecule has 2 heterocycles. The molecule has 0 aliphatic carbocycles. The number of halogens is 1. The third-order valence-corrected chi connectivity index (χ3v) is 4.15. The topological polar surface area (TPSA) is 50.9 Å². The summed E-state index contributed by atoms with van der Waals surface area (Å²) in [7, 11) is 0. The van der Waals surface area contributed by atoms with Crippen molar-refractivity contribution in [1.29, 1.82) is 0 Å². The van der Waals surface area contributed by atoms with Crippen molar-refractivity contribution in [3.05, 3.63) is 45.4 Å². The van der Waals surface area contributed by atoms with Crippen molar-refractivity contribution in [2.24, 2.45) is 0 Å². The molecule has 0 aliphatic rings. The van der Waals surface area contributed by atoms with Crippen LogP contribution in [0.25, 0.3) is 0 Å². The van der Waals surface area contributed by atoms with Crippen LogP contribution in [0.4, 0.5) is 0 Å². The number of aromatic nitrogens is 3. The van der Waals surface area contributed by atoms with Crippen molar-refractivity contribution in [2.45, 2.75) is 39.8 Å². The zero-order valence-corrected chi connectivity index (χ0v) is 13.0. The molecule has 2 aromatic heterocycles. The zero-order chi connectivity index (χ0) is 14.0. The van der Waals surface area contributed by atoms with E-state index in [4.69, 9.17) is 0 Å². The van der Waals surface area contributed by atoms with Gasteiger partial charge in [-0.15, -0.1) is 0 Å². The maximum Gasteiger partial charge on any atom is 0.101 e. The van der Waals surface area contributed by atoms with Crippen molar-refractivity contribution < 1.29 is 5.11 Å². The van der Waals surface area contributed by atoms with E-state index in [1.165, 1.54) is 0 Å². The largest absolute Gasteiger partial charge is 0.386 e. The van der Waals surface area contributed by atoms with Crippen LogP contribution in [0.3, 0.4) is 0 Å². The van der Waals surface area contributed by atoms with Gasteiger partial charge in [-0.25, -0.2) is 0 Å². The lowest BCUT2D eigenvalue weighted by atomic mass is 10.1. The Morgan fingerprint density at radius 1 is 1.42 bits per heavy atom. The number of rotatable bonds is 4. The number of hydrogen-bond acceptors (Lipinski definition) is 3. The molecule has 0 spiro atoms. The second-order valence-electron chi connectivity index (χ2n) is 4.64. The quantitative estimate of drug-likeness (QED) is 0.941. The Hall–Kier alpha value is -1.20. The molecule has 0 saturated carbocycles. The first kappa shape index (κ1) is 14.2. The molecule has 4 nitrogen and oxygen atoms in total. The average molecular weight is 324 g/mol. The van der Waals surface area contributed by atoms with Gasteiger partial charge in [0.2, 0.25) is 0 Å². The molecule has 0 radical (unpaired) electrons. The number of aryl methyl sites for hydroxylation is 3. The molecule has 19 heavy (non-hydrogen) atoms. The van der Waals surface area contributed by atoms with Crippen molar-refractivity contribution in [1.82, 2.24) is 14.8 Å². The fourth-order valence-corrected chi connectivity index (χ4v) is 2.54. The number of aliphatic hydroxyl groups is 1. The van der Waals surface area contributed by atoms with Crippen LogP contribution >= 0.6 is 15.9 Å². The second-order valence-corrected chi connectivity index (χ2v) is 5.43. The van der Waals surface area contributed by atoms with Crippen molar-refractivity contribution in [3.63, 3.8) is 0 Å². The summed E-state index contributed by atoms with van der Waals surface area (Å²) in [6.07, 6.45) is 1.62. The number of hydrogen-bond donors (Lipinski definition) is 1. The summed E-state index contributed by atoms with van der Waals surface area (Å²) in [6, 6.07) is 3.84. The van der Waals surface area contributed by atoms with Crippen LogP contribution in [0.2, 0.25) is 0 Å². The van der Waals surface area contributed by atoms with E-state index in [0.29, 0.717) is 12.1 Å². The third kappa shape index (κ3) is 3.04. The van der Waals surface area contributed by atoms with E-state index in [0.717, 1.165) is 28.0 Å². The van der Waals surface area contributed by atoms with E-state index in [-0.39, 0.29) is 0 Å². The van der Waals surface area contributed by atoms with Crippen LogP contribution in [-0.2, 0) is 13.0 Å². The van der Waals surface area contributed by atoms with Gasteiger partial charge in [0.05, 0.1) is 21.6 Å². The molecule has 5 heteroatoms. The summed E-state index contributed by atoms with van der Waals surface area (Å²) >= 11 is 3.54. The Labute approximate surface area is 121 Å². The highest BCUT2D eigenvalue weighted by Crippen LogP contribution is 2.26. The minimum Gasteiger partial charge on any atom is -0.386 e. The maximum absolute atomic E-state index is 10.3. The predicted molar refractivity (Wildman–Crippen MR) is 78.0 cm³/mol. The monoisotopic (exact) mass is 323 g/mol. The van der Waals surface area contributed by atoms with Gasteiger partial charge in [0.25, 0.3) is 0 Å². The molecule has 2 rings (SSSR count). The second kappa shape index (κ2) is 5.84. The van der Waals surface area contributed by atoms with E-state index in [1.54, 1.807) is 6.20 Å². The summed E-state index contributed by atoms with van der Waals surface area (Å²) in [5, 5.41) is 14.8. The molecule has 0 fully saturated rings. The van der Waals surface area contributed by atoms with Crippen LogP contribution in [-0.4, -0.2) is 19.9 Å². The summed E-state index contributed by atoms with van der Waals surface area (Å²) in [5.41, 5.74) is 3.76. The van der Waals surface area contributed by atoms with E-state index < -0.39 is 6.10 Å². The van der Waals surface area contributed by atoms with Crippen molar-refractivity contribution in [3.8, 4) is 0 Å². The third-order valence-electron chi connectivity index (χ3n) is 3.12. The lowest BCUT2D eigenvalue weighted by Gasteiger charge is -2.12. The molecular formula is C14H18BrN3O. The number of aliphatic hydroxyl groups excluding tert-OH is 1. The Morgan fingerprint density at radius 2 is 2.16 bits per heavy atom. The first-order chi connectivity index (χ1) is 9.02. The van der Waals surface area contributed by atoms with Gasteiger partial charge in [0.15, 0.2) is 0 Å².